The number of guanidine groups is 1. The van der Waals surface area contributed by atoms with Crippen LogP contribution in [0.3, 0.4) is 0 Å². The van der Waals surface area contributed by atoms with Crippen LogP contribution in [0.4, 0.5) is 10.2 Å². The summed E-state index contributed by atoms with van der Waals surface area (Å²) >= 11 is 0. The topological polar surface area (TPSA) is 61.8 Å². The van der Waals surface area contributed by atoms with Crippen molar-refractivity contribution < 1.29 is 9.13 Å². The van der Waals surface area contributed by atoms with Crippen molar-refractivity contribution in [1.82, 2.24) is 15.6 Å². The van der Waals surface area contributed by atoms with Crippen molar-refractivity contribution in [2.24, 2.45) is 10.9 Å². The number of halogens is 1. The maximum absolute atomic E-state index is 14.0. The van der Waals surface area contributed by atoms with Gasteiger partial charge in [0.25, 0.3) is 0 Å². The first-order valence-corrected chi connectivity index (χ1v) is 10.7. The Labute approximate surface area is 177 Å². The number of nitrogens with zero attached hydrogens (tertiary/aromatic N) is 3. The third-order valence-corrected chi connectivity index (χ3v) is 5.90. The molecule has 160 valence electrons. The summed E-state index contributed by atoms with van der Waals surface area (Å²) in [4.78, 5) is 10.6. The predicted molar refractivity (Wildman–Crippen MR) is 117 cm³/mol. The van der Waals surface area contributed by atoms with Crippen LogP contribution in [-0.4, -0.2) is 50.3 Å². The lowest BCUT2D eigenvalue weighted by atomic mass is 9.89. The van der Waals surface area contributed by atoms with E-state index in [4.69, 9.17) is 4.74 Å². The van der Waals surface area contributed by atoms with Gasteiger partial charge in [-0.05, 0) is 37.0 Å². The molecule has 1 aromatic heterocycles. The molecule has 0 spiro atoms. The monoisotopic (exact) mass is 411 g/mol. The number of hydrogen-bond donors (Lipinski definition) is 2. The Kier molecular flexibility index (Phi) is 6.79. The number of rotatable bonds is 5. The molecule has 0 amide bonds. The summed E-state index contributed by atoms with van der Waals surface area (Å²) in [5, 5.41) is 6.97. The third kappa shape index (κ3) is 4.90. The molecule has 3 heterocycles. The number of hydrogen-bond acceptors (Lipinski definition) is 4. The minimum absolute atomic E-state index is 0.111. The van der Waals surface area contributed by atoms with E-state index in [1.807, 2.05) is 11.0 Å². The molecular formula is C23H30FN5O. The molecule has 3 atom stereocenters. The van der Waals surface area contributed by atoms with Crippen LogP contribution in [-0.2, 0) is 4.74 Å². The van der Waals surface area contributed by atoms with Crippen LogP contribution in [0.25, 0.3) is 0 Å². The smallest absolute Gasteiger partial charge is 0.191 e. The number of aliphatic imine (C=N–C) groups is 1. The number of anilines is 1. The second kappa shape index (κ2) is 9.89. The van der Waals surface area contributed by atoms with Gasteiger partial charge in [-0.1, -0.05) is 30.3 Å². The zero-order chi connectivity index (χ0) is 20.8. The van der Waals surface area contributed by atoms with E-state index in [-0.39, 0.29) is 18.0 Å². The van der Waals surface area contributed by atoms with Crippen LogP contribution < -0.4 is 15.5 Å². The molecule has 0 aliphatic carbocycles. The van der Waals surface area contributed by atoms with Crippen molar-refractivity contribution in [2.75, 3.05) is 38.2 Å². The normalized spacial score (nSPS) is 24.7. The lowest BCUT2D eigenvalue weighted by Crippen LogP contribution is -2.46. The van der Waals surface area contributed by atoms with Crippen LogP contribution in [0.2, 0.25) is 0 Å². The molecule has 1 aromatic carbocycles. The number of benzene rings is 1. The van der Waals surface area contributed by atoms with Gasteiger partial charge in [-0.3, -0.25) is 4.99 Å². The zero-order valence-corrected chi connectivity index (χ0v) is 17.4. The van der Waals surface area contributed by atoms with E-state index in [1.54, 1.807) is 19.3 Å². The van der Waals surface area contributed by atoms with Crippen molar-refractivity contribution in [3.8, 4) is 0 Å². The summed E-state index contributed by atoms with van der Waals surface area (Å²) in [6.45, 7) is 3.08. The van der Waals surface area contributed by atoms with E-state index in [1.165, 1.54) is 11.6 Å². The van der Waals surface area contributed by atoms with Gasteiger partial charge in [-0.2, -0.15) is 0 Å². The summed E-state index contributed by atoms with van der Waals surface area (Å²) < 4.78 is 20.1. The van der Waals surface area contributed by atoms with Gasteiger partial charge in [-0.25, -0.2) is 9.37 Å². The Morgan fingerprint density at radius 3 is 2.90 bits per heavy atom. The molecule has 0 saturated carbocycles. The van der Waals surface area contributed by atoms with Crippen LogP contribution in [0, 0.1) is 11.7 Å². The highest BCUT2D eigenvalue weighted by molar-refractivity contribution is 5.80. The average molecular weight is 412 g/mol. The summed E-state index contributed by atoms with van der Waals surface area (Å²) in [5.74, 6) is 1.32. The molecule has 2 aliphatic heterocycles. The van der Waals surface area contributed by atoms with E-state index in [9.17, 15) is 4.39 Å². The molecule has 2 aromatic rings. The van der Waals surface area contributed by atoms with Gasteiger partial charge in [-0.15, -0.1) is 0 Å². The predicted octanol–water partition coefficient (Wildman–Crippen LogP) is 3.13. The number of ether oxygens (including phenoxy) is 1. The van der Waals surface area contributed by atoms with Gasteiger partial charge < -0.3 is 20.3 Å². The molecule has 2 N–H and O–H groups in total. The quantitative estimate of drug-likeness (QED) is 0.585. The highest BCUT2D eigenvalue weighted by atomic mass is 19.1. The summed E-state index contributed by atoms with van der Waals surface area (Å²) in [7, 11) is 1.78. The Balaban J connectivity index is 1.31. The second-order valence-corrected chi connectivity index (χ2v) is 7.94. The summed E-state index contributed by atoms with van der Waals surface area (Å²) in [6, 6.07) is 13.7. The first kappa shape index (κ1) is 20.6. The van der Waals surface area contributed by atoms with Gasteiger partial charge in [0.15, 0.2) is 17.6 Å². The minimum Gasteiger partial charge on any atom is -0.373 e. The fraction of sp³-hybridized carbons (Fsp3) is 0.478. The van der Waals surface area contributed by atoms with Crippen LogP contribution in [0.5, 0.6) is 0 Å². The van der Waals surface area contributed by atoms with E-state index in [0.717, 1.165) is 44.9 Å². The Morgan fingerprint density at radius 1 is 1.23 bits per heavy atom. The van der Waals surface area contributed by atoms with E-state index >= 15 is 0 Å². The van der Waals surface area contributed by atoms with E-state index < -0.39 is 0 Å². The molecule has 0 bridgehead atoms. The molecule has 0 radical (unpaired) electrons. The molecule has 3 unspecified atom stereocenters. The van der Waals surface area contributed by atoms with Crippen molar-refractivity contribution in [3.05, 3.63) is 60.0 Å². The van der Waals surface area contributed by atoms with Crippen LogP contribution in [0.1, 0.15) is 30.9 Å². The lowest BCUT2D eigenvalue weighted by Gasteiger charge is -2.33. The van der Waals surface area contributed by atoms with E-state index in [0.29, 0.717) is 18.3 Å². The molecular weight excluding hydrogens is 381 g/mol. The fourth-order valence-corrected chi connectivity index (χ4v) is 4.36. The van der Waals surface area contributed by atoms with Gasteiger partial charge in [0.2, 0.25) is 0 Å². The highest BCUT2D eigenvalue weighted by Gasteiger charge is 2.29. The molecule has 30 heavy (non-hydrogen) atoms. The lowest BCUT2D eigenvalue weighted by molar-refractivity contribution is -0.0265. The van der Waals surface area contributed by atoms with Gasteiger partial charge >= 0.3 is 0 Å². The highest BCUT2D eigenvalue weighted by Crippen LogP contribution is 2.33. The number of nitrogens with one attached hydrogen (secondary N) is 2. The number of aromatic nitrogens is 1. The zero-order valence-electron chi connectivity index (χ0n) is 17.4. The fourth-order valence-electron chi connectivity index (χ4n) is 4.36. The van der Waals surface area contributed by atoms with Crippen LogP contribution in [0.15, 0.2) is 53.7 Å². The van der Waals surface area contributed by atoms with Crippen molar-refractivity contribution in [2.45, 2.75) is 31.4 Å². The Hall–Kier alpha value is -2.67. The molecule has 2 aliphatic rings. The maximum atomic E-state index is 14.0. The van der Waals surface area contributed by atoms with Gasteiger partial charge in [0, 0.05) is 51.4 Å². The largest absolute Gasteiger partial charge is 0.373 e. The third-order valence-electron chi connectivity index (χ3n) is 5.90. The van der Waals surface area contributed by atoms with E-state index in [2.05, 4.69) is 44.9 Å². The van der Waals surface area contributed by atoms with Crippen molar-refractivity contribution in [1.29, 1.82) is 0 Å². The number of pyridine rings is 1. The summed E-state index contributed by atoms with van der Waals surface area (Å²) in [5.41, 5.74) is 1.23. The minimum atomic E-state index is -0.273. The summed E-state index contributed by atoms with van der Waals surface area (Å²) in [6.07, 6.45) is 4.86. The van der Waals surface area contributed by atoms with Crippen LogP contribution >= 0.6 is 0 Å². The Morgan fingerprint density at radius 2 is 2.10 bits per heavy atom. The first-order valence-electron chi connectivity index (χ1n) is 10.7. The van der Waals surface area contributed by atoms with Gasteiger partial charge in [0.1, 0.15) is 0 Å². The molecule has 7 heteroatoms. The van der Waals surface area contributed by atoms with Gasteiger partial charge in [0.05, 0.1) is 6.10 Å². The average Bonchev–Trinajstić information content (AvgIpc) is 3.26. The maximum Gasteiger partial charge on any atom is 0.191 e. The molecule has 2 saturated heterocycles. The Bertz CT molecular complexity index is 846. The standard InChI is InChI=1S/C23H30FN5O/c1-25-23(28-19-11-13-29(16-19)22-20(24)10-5-12-26-22)27-15-18-9-6-14-30-21(18)17-7-3-2-4-8-17/h2-5,7-8,10,12,18-19,21H,6,9,11,13-16H2,1H3,(H2,25,27,28). The molecule has 6 nitrogen and oxygen atoms in total. The molecule has 4 rings (SSSR count). The second-order valence-electron chi connectivity index (χ2n) is 7.94. The van der Waals surface area contributed by atoms with Crippen molar-refractivity contribution in [3.63, 3.8) is 0 Å². The SMILES string of the molecule is CN=C(NCC1CCCOC1c1ccccc1)NC1CCN(c2ncccc2F)C1. The van der Waals surface area contributed by atoms with Crippen molar-refractivity contribution >= 4 is 11.8 Å². The first-order chi connectivity index (χ1) is 14.7. The molecule has 2 fully saturated rings.